The van der Waals surface area contributed by atoms with Gasteiger partial charge in [-0.25, -0.2) is 9.97 Å². The zero-order valence-electron chi connectivity index (χ0n) is 12.0. The van der Waals surface area contributed by atoms with Gasteiger partial charge in [0.2, 0.25) is 0 Å². The number of hydrogen-bond acceptors (Lipinski definition) is 4. The lowest BCUT2D eigenvalue weighted by molar-refractivity contribution is 0.554. The Labute approximate surface area is 114 Å². The average Bonchev–Trinajstić information content (AvgIpc) is 2.39. The Bertz CT molecular complexity index is 514. The van der Waals surface area contributed by atoms with E-state index in [9.17, 15) is 0 Å². The minimum atomic E-state index is 0.0454. The van der Waals surface area contributed by atoms with Crippen LogP contribution in [-0.2, 0) is 11.8 Å². The third-order valence-electron chi connectivity index (χ3n) is 3.11. The molecule has 0 aliphatic carbocycles. The van der Waals surface area contributed by atoms with Crippen molar-refractivity contribution < 1.29 is 0 Å². The summed E-state index contributed by atoms with van der Waals surface area (Å²) in [7, 11) is 0. The Morgan fingerprint density at radius 2 is 1.89 bits per heavy atom. The molecule has 4 nitrogen and oxygen atoms in total. The van der Waals surface area contributed by atoms with Gasteiger partial charge in [0.05, 0.1) is 11.4 Å². The molecule has 0 N–H and O–H groups in total. The van der Waals surface area contributed by atoms with Crippen LogP contribution in [0.25, 0.3) is 0 Å². The van der Waals surface area contributed by atoms with Crippen LogP contribution in [-0.4, -0.2) is 20.2 Å². The first-order valence-corrected chi connectivity index (χ1v) is 6.56. The Kier molecular flexibility index (Phi) is 3.88. The summed E-state index contributed by atoms with van der Waals surface area (Å²) in [5.74, 6) is 0.317. The molecule has 0 fully saturated rings. The summed E-state index contributed by atoms with van der Waals surface area (Å²) < 4.78 is 0. The minimum absolute atomic E-state index is 0.0454. The number of nitrogens with zero attached hydrogens (tertiary/aromatic N) is 4. The molecule has 2 heterocycles. The third kappa shape index (κ3) is 3.56. The summed E-state index contributed by atoms with van der Waals surface area (Å²) in [6, 6.07) is 6.07. The van der Waals surface area contributed by atoms with Crippen molar-refractivity contribution in [3.63, 3.8) is 0 Å². The van der Waals surface area contributed by atoms with E-state index in [4.69, 9.17) is 0 Å². The van der Waals surface area contributed by atoms with Gasteiger partial charge in [-0.1, -0.05) is 27.7 Å². The summed E-state index contributed by atoms with van der Waals surface area (Å²) in [5, 5.41) is 8.63. The summed E-state index contributed by atoms with van der Waals surface area (Å²) in [5.41, 5.74) is 3.10. The predicted molar refractivity (Wildman–Crippen MR) is 74.9 cm³/mol. The number of aromatic nitrogens is 4. The van der Waals surface area contributed by atoms with Crippen LogP contribution in [0.5, 0.6) is 0 Å². The fraction of sp³-hybridized carbons (Fsp3) is 0.467. The lowest BCUT2D eigenvalue weighted by Gasteiger charge is -2.17. The minimum Gasteiger partial charge on any atom is -0.245 e. The van der Waals surface area contributed by atoms with Gasteiger partial charge in [-0.3, -0.25) is 0 Å². The van der Waals surface area contributed by atoms with Crippen molar-refractivity contribution in [3.8, 4) is 0 Å². The number of hydrogen-bond donors (Lipinski definition) is 0. The third-order valence-corrected chi connectivity index (χ3v) is 3.11. The second-order valence-electron chi connectivity index (χ2n) is 5.90. The van der Waals surface area contributed by atoms with Crippen molar-refractivity contribution >= 4 is 0 Å². The molecule has 2 rings (SSSR count). The van der Waals surface area contributed by atoms with Crippen LogP contribution in [0, 0.1) is 0 Å². The normalized spacial score (nSPS) is 13.3. The second-order valence-corrected chi connectivity index (χ2v) is 5.90. The highest BCUT2D eigenvalue weighted by molar-refractivity contribution is 5.16. The van der Waals surface area contributed by atoms with E-state index in [1.807, 2.05) is 6.07 Å². The fourth-order valence-electron chi connectivity index (χ4n) is 1.88. The van der Waals surface area contributed by atoms with Crippen LogP contribution in [0.1, 0.15) is 50.7 Å². The van der Waals surface area contributed by atoms with E-state index in [0.29, 0.717) is 5.92 Å². The van der Waals surface area contributed by atoms with E-state index >= 15 is 0 Å². The van der Waals surface area contributed by atoms with Gasteiger partial charge >= 0.3 is 0 Å². The van der Waals surface area contributed by atoms with Crippen LogP contribution in [0.15, 0.2) is 30.7 Å². The van der Waals surface area contributed by atoms with Crippen molar-refractivity contribution in [2.24, 2.45) is 0 Å². The first-order valence-electron chi connectivity index (χ1n) is 6.56. The molecule has 0 radical (unpaired) electrons. The zero-order valence-corrected chi connectivity index (χ0v) is 12.0. The summed E-state index contributed by atoms with van der Waals surface area (Å²) in [6.45, 7) is 8.56. The van der Waals surface area contributed by atoms with E-state index < -0.39 is 0 Å². The Morgan fingerprint density at radius 1 is 1.11 bits per heavy atom. The van der Waals surface area contributed by atoms with E-state index in [0.717, 1.165) is 23.5 Å². The Balaban J connectivity index is 2.08. The van der Waals surface area contributed by atoms with Crippen LogP contribution in [0.4, 0.5) is 0 Å². The van der Waals surface area contributed by atoms with Crippen LogP contribution in [0.2, 0.25) is 0 Å². The summed E-state index contributed by atoms with van der Waals surface area (Å²) in [6.07, 6.45) is 4.20. The standard InChI is InChI=1S/C15H20N4/c1-11(13-7-8-16-10-17-13)9-12-5-6-14(19-18-12)15(2,3)4/h5-8,10-11H,9H2,1-4H3. The number of rotatable bonds is 3. The van der Waals surface area contributed by atoms with Crippen molar-refractivity contribution in [1.29, 1.82) is 0 Å². The molecule has 0 bridgehead atoms. The van der Waals surface area contributed by atoms with Gasteiger partial charge < -0.3 is 0 Å². The monoisotopic (exact) mass is 256 g/mol. The van der Waals surface area contributed by atoms with Gasteiger partial charge in [0.1, 0.15) is 6.33 Å². The van der Waals surface area contributed by atoms with Crippen LogP contribution < -0.4 is 0 Å². The molecule has 0 aromatic carbocycles. The molecular formula is C15H20N4. The molecule has 0 saturated heterocycles. The van der Waals surface area contributed by atoms with Crippen molar-refractivity contribution in [2.75, 3.05) is 0 Å². The highest BCUT2D eigenvalue weighted by Crippen LogP contribution is 2.20. The SMILES string of the molecule is CC(Cc1ccc(C(C)(C)C)nn1)c1ccncn1. The largest absolute Gasteiger partial charge is 0.245 e. The molecule has 2 aromatic rings. The van der Waals surface area contributed by atoms with Crippen molar-refractivity contribution in [2.45, 2.75) is 45.4 Å². The predicted octanol–water partition coefficient (Wildman–Crippen LogP) is 2.91. The lowest BCUT2D eigenvalue weighted by atomic mass is 9.92. The van der Waals surface area contributed by atoms with E-state index in [1.54, 1.807) is 12.5 Å². The van der Waals surface area contributed by atoms with Crippen LogP contribution in [0.3, 0.4) is 0 Å². The molecule has 19 heavy (non-hydrogen) atoms. The molecule has 2 aromatic heterocycles. The van der Waals surface area contributed by atoms with Crippen LogP contribution >= 0.6 is 0 Å². The maximum absolute atomic E-state index is 4.32. The Morgan fingerprint density at radius 3 is 2.42 bits per heavy atom. The quantitative estimate of drug-likeness (QED) is 0.847. The topological polar surface area (TPSA) is 51.6 Å². The maximum Gasteiger partial charge on any atom is 0.115 e. The first-order chi connectivity index (χ1) is 8.97. The molecule has 0 aliphatic rings. The van der Waals surface area contributed by atoms with Gasteiger partial charge in [0.15, 0.2) is 0 Å². The molecule has 1 unspecified atom stereocenters. The average molecular weight is 256 g/mol. The van der Waals surface area contributed by atoms with Gasteiger partial charge in [-0.15, -0.1) is 0 Å². The van der Waals surface area contributed by atoms with E-state index in [1.165, 1.54) is 0 Å². The molecule has 0 aliphatic heterocycles. The molecule has 0 spiro atoms. The van der Waals surface area contributed by atoms with Gasteiger partial charge in [0, 0.05) is 23.2 Å². The lowest BCUT2D eigenvalue weighted by Crippen LogP contribution is -2.15. The Hall–Kier alpha value is -1.84. The smallest absolute Gasteiger partial charge is 0.115 e. The summed E-state index contributed by atoms with van der Waals surface area (Å²) in [4.78, 5) is 8.21. The van der Waals surface area contributed by atoms with Crippen molar-refractivity contribution in [3.05, 3.63) is 47.8 Å². The summed E-state index contributed by atoms with van der Waals surface area (Å²) >= 11 is 0. The van der Waals surface area contributed by atoms with Crippen molar-refractivity contribution in [1.82, 2.24) is 20.2 Å². The van der Waals surface area contributed by atoms with Gasteiger partial charge in [0.25, 0.3) is 0 Å². The molecule has 4 heteroatoms. The molecular weight excluding hydrogens is 236 g/mol. The van der Waals surface area contributed by atoms with Gasteiger partial charge in [-0.05, 0) is 24.6 Å². The maximum atomic E-state index is 4.32. The fourth-order valence-corrected chi connectivity index (χ4v) is 1.88. The van der Waals surface area contributed by atoms with E-state index in [2.05, 4.69) is 60.0 Å². The highest BCUT2D eigenvalue weighted by Gasteiger charge is 2.16. The molecule has 0 saturated carbocycles. The van der Waals surface area contributed by atoms with E-state index in [-0.39, 0.29) is 5.41 Å². The molecule has 0 amide bonds. The van der Waals surface area contributed by atoms with Gasteiger partial charge in [-0.2, -0.15) is 10.2 Å². The molecule has 100 valence electrons. The molecule has 1 atom stereocenters. The zero-order chi connectivity index (χ0) is 13.9. The highest BCUT2D eigenvalue weighted by atomic mass is 15.1. The first kappa shape index (κ1) is 13.6. The second kappa shape index (κ2) is 5.43.